The lowest BCUT2D eigenvalue weighted by Crippen LogP contribution is -2.04. The number of halogens is 1. The van der Waals surface area contributed by atoms with Crippen molar-refractivity contribution >= 4 is 34.2 Å². The first-order valence-corrected chi connectivity index (χ1v) is 11.0. The summed E-state index contributed by atoms with van der Waals surface area (Å²) in [4.78, 5) is 6.33. The van der Waals surface area contributed by atoms with Crippen molar-refractivity contribution in [2.45, 2.75) is 13.2 Å². The van der Waals surface area contributed by atoms with Crippen molar-refractivity contribution in [3.63, 3.8) is 0 Å². The Hall–Kier alpha value is -3.96. The van der Waals surface area contributed by atoms with Crippen molar-refractivity contribution in [2.24, 2.45) is 0 Å². The molecule has 0 N–H and O–H groups in total. The van der Waals surface area contributed by atoms with Gasteiger partial charge in [-0.15, -0.1) is 0 Å². The highest BCUT2D eigenvalue weighted by molar-refractivity contribution is 6.30. The third-order valence-corrected chi connectivity index (χ3v) is 5.51. The van der Waals surface area contributed by atoms with Crippen LogP contribution in [-0.2, 0) is 13.2 Å². The van der Waals surface area contributed by atoms with Gasteiger partial charge in [-0.05, 0) is 59.2 Å². The predicted molar refractivity (Wildman–Crippen MR) is 132 cm³/mol. The van der Waals surface area contributed by atoms with Crippen molar-refractivity contribution in [2.75, 3.05) is 0 Å². The predicted octanol–water partition coefficient (Wildman–Crippen LogP) is 6.30. The number of ether oxygens (including phenoxy) is 1. The number of rotatable bonds is 7. The maximum atomic E-state index is 6.04. The van der Waals surface area contributed by atoms with E-state index in [1.54, 1.807) is 17.2 Å². The molecule has 0 spiro atoms. The summed E-state index contributed by atoms with van der Waals surface area (Å²) in [7, 11) is 0. The number of hydrogen-bond acceptors (Lipinski definition) is 4. The Bertz CT molecular complexity index is 1380. The van der Waals surface area contributed by atoms with E-state index in [0.717, 1.165) is 39.0 Å². The Morgan fingerprint density at radius 3 is 2.39 bits per heavy atom. The van der Waals surface area contributed by atoms with Gasteiger partial charge in [-0.1, -0.05) is 60.1 Å². The van der Waals surface area contributed by atoms with Gasteiger partial charge < -0.3 is 4.74 Å². The van der Waals surface area contributed by atoms with Gasteiger partial charge in [0.05, 0.1) is 30.1 Å². The zero-order valence-corrected chi connectivity index (χ0v) is 18.6. The van der Waals surface area contributed by atoms with Crippen LogP contribution in [0.1, 0.15) is 16.8 Å². The van der Waals surface area contributed by atoms with E-state index in [0.29, 0.717) is 18.2 Å². The average molecular weight is 453 g/mol. The summed E-state index contributed by atoms with van der Waals surface area (Å²) in [5.74, 6) is 0.789. The minimum absolute atomic E-state index is 0.412. The maximum absolute atomic E-state index is 6.04. The first kappa shape index (κ1) is 20.9. The number of allylic oxidation sites excluding steroid dienone is 1. The molecule has 0 bridgehead atoms. The normalized spacial score (nSPS) is 11.6. The molecule has 5 nitrogen and oxygen atoms in total. The lowest BCUT2D eigenvalue weighted by molar-refractivity contribution is 0.302. The first-order valence-electron chi connectivity index (χ1n) is 10.6. The molecule has 5 rings (SSSR count). The number of hydrogen-bond donors (Lipinski definition) is 0. The fourth-order valence-corrected chi connectivity index (χ4v) is 3.69. The van der Waals surface area contributed by atoms with Gasteiger partial charge in [-0.25, -0.2) is 4.98 Å². The zero-order chi connectivity index (χ0) is 22.5. The molecule has 33 heavy (non-hydrogen) atoms. The summed E-state index contributed by atoms with van der Waals surface area (Å²) in [5.41, 5.74) is 5.07. The minimum Gasteiger partial charge on any atom is -0.487 e. The molecule has 0 amide bonds. The molecule has 0 saturated heterocycles. The smallest absolute Gasteiger partial charge is 0.130 e. The molecule has 162 valence electrons. The molecular formula is C27H21ClN4O. The molecule has 0 unspecified atom stereocenters. The highest BCUT2D eigenvalue weighted by Crippen LogP contribution is 2.24. The van der Waals surface area contributed by atoms with Crippen molar-refractivity contribution in [1.29, 1.82) is 0 Å². The van der Waals surface area contributed by atoms with E-state index in [1.807, 2.05) is 60.7 Å². The summed E-state index contributed by atoms with van der Waals surface area (Å²) in [5, 5.41) is 10.3. The lowest BCUT2D eigenvalue weighted by Gasteiger charge is -2.11. The van der Waals surface area contributed by atoms with Gasteiger partial charge in [0.15, 0.2) is 0 Å². The van der Waals surface area contributed by atoms with E-state index in [4.69, 9.17) is 16.3 Å². The molecule has 6 heteroatoms. The van der Waals surface area contributed by atoms with Crippen LogP contribution in [0.4, 0.5) is 0 Å². The molecule has 5 aromatic rings. The van der Waals surface area contributed by atoms with Gasteiger partial charge in [0, 0.05) is 10.4 Å². The molecule has 0 fully saturated rings. The van der Waals surface area contributed by atoms with Crippen LogP contribution in [0.5, 0.6) is 5.75 Å². The average Bonchev–Trinajstić information content (AvgIpc) is 3.37. The Labute approximate surface area is 196 Å². The second-order valence-electron chi connectivity index (χ2n) is 7.59. The second-order valence-corrected chi connectivity index (χ2v) is 8.03. The molecule has 0 atom stereocenters. The summed E-state index contributed by atoms with van der Waals surface area (Å²) < 4.78 is 5.99. The molecule has 0 radical (unpaired) electrons. The number of nitrogens with zero attached hydrogens (tertiary/aromatic N) is 4. The van der Waals surface area contributed by atoms with Gasteiger partial charge >= 0.3 is 0 Å². The molecule has 2 aromatic heterocycles. The number of para-hydroxylation sites is 1. The van der Waals surface area contributed by atoms with E-state index in [1.165, 1.54) is 0 Å². The molecule has 3 aromatic carbocycles. The third kappa shape index (κ3) is 5.27. The van der Waals surface area contributed by atoms with Crippen molar-refractivity contribution in [3.05, 3.63) is 119 Å². The summed E-state index contributed by atoms with van der Waals surface area (Å²) in [6, 6.07) is 27.9. The Kier molecular flexibility index (Phi) is 6.13. The first-order chi connectivity index (χ1) is 16.2. The molecule has 0 aliphatic carbocycles. The highest BCUT2D eigenvalue weighted by Gasteiger charge is 2.07. The van der Waals surface area contributed by atoms with Crippen molar-refractivity contribution in [1.82, 2.24) is 20.0 Å². The summed E-state index contributed by atoms with van der Waals surface area (Å²) in [6.07, 6.45) is 5.48. The lowest BCUT2D eigenvalue weighted by atomic mass is 10.0. The van der Waals surface area contributed by atoms with Gasteiger partial charge in [0.2, 0.25) is 0 Å². The van der Waals surface area contributed by atoms with Crippen LogP contribution in [0.15, 0.2) is 97.3 Å². The van der Waals surface area contributed by atoms with Crippen LogP contribution < -0.4 is 4.74 Å². The van der Waals surface area contributed by atoms with Crippen LogP contribution in [-0.4, -0.2) is 20.0 Å². The van der Waals surface area contributed by atoms with Crippen LogP contribution >= 0.6 is 11.6 Å². The van der Waals surface area contributed by atoms with Crippen molar-refractivity contribution in [3.8, 4) is 5.75 Å². The van der Waals surface area contributed by atoms with Gasteiger partial charge in [-0.2, -0.15) is 15.0 Å². The molecule has 2 heterocycles. The third-order valence-electron chi connectivity index (χ3n) is 5.26. The van der Waals surface area contributed by atoms with Crippen LogP contribution in [0, 0.1) is 0 Å². The van der Waals surface area contributed by atoms with Gasteiger partial charge in [-0.3, -0.25) is 0 Å². The number of pyridine rings is 1. The summed E-state index contributed by atoms with van der Waals surface area (Å²) in [6.45, 7) is 0.964. The standard InChI is InChI=1S/C27H21ClN4O/c28-24-10-5-20(6-11-24)17-23(18-32-29-15-16-30-32)21-8-13-26(14-9-21)33-19-25-12-7-22-3-1-2-4-27(22)31-25/h1-17H,18-19H2/b23-17-. The Balaban J connectivity index is 1.34. The molecular weight excluding hydrogens is 432 g/mol. The van der Waals surface area contributed by atoms with Crippen LogP contribution in [0.3, 0.4) is 0 Å². The van der Waals surface area contributed by atoms with Crippen LogP contribution in [0.2, 0.25) is 5.02 Å². The highest BCUT2D eigenvalue weighted by atomic mass is 35.5. The quantitative estimate of drug-likeness (QED) is 0.272. The molecule has 0 saturated carbocycles. The fourth-order valence-electron chi connectivity index (χ4n) is 3.57. The second kappa shape index (κ2) is 9.67. The van der Waals surface area contributed by atoms with E-state index in [9.17, 15) is 0 Å². The van der Waals surface area contributed by atoms with E-state index >= 15 is 0 Å². The van der Waals surface area contributed by atoms with E-state index in [2.05, 4.69) is 45.5 Å². The number of fused-ring (bicyclic) bond motifs is 1. The monoisotopic (exact) mass is 452 g/mol. The molecule has 0 aliphatic heterocycles. The Morgan fingerprint density at radius 2 is 1.61 bits per heavy atom. The van der Waals surface area contributed by atoms with E-state index < -0.39 is 0 Å². The topological polar surface area (TPSA) is 52.8 Å². The Morgan fingerprint density at radius 1 is 0.848 bits per heavy atom. The van der Waals surface area contributed by atoms with Crippen LogP contribution in [0.25, 0.3) is 22.6 Å². The van der Waals surface area contributed by atoms with E-state index in [-0.39, 0.29) is 0 Å². The summed E-state index contributed by atoms with van der Waals surface area (Å²) >= 11 is 6.04. The van der Waals surface area contributed by atoms with Gasteiger partial charge in [0.1, 0.15) is 12.4 Å². The molecule has 0 aliphatic rings. The maximum Gasteiger partial charge on any atom is 0.130 e. The van der Waals surface area contributed by atoms with Crippen molar-refractivity contribution < 1.29 is 4.74 Å². The fraction of sp³-hybridized carbons (Fsp3) is 0.0741. The van der Waals surface area contributed by atoms with Gasteiger partial charge in [0.25, 0.3) is 0 Å². The largest absolute Gasteiger partial charge is 0.487 e. The number of benzene rings is 3. The minimum atomic E-state index is 0.412. The SMILES string of the molecule is Clc1ccc(/C=C(/Cn2nccn2)c2ccc(OCc3ccc4ccccc4n3)cc2)cc1. The number of aromatic nitrogens is 4. The zero-order valence-electron chi connectivity index (χ0n) is 17.8.